The highest BCUT2D eigenvalue weighted by molar-refractivity contribution is 5.48. The number of aliphatic hydroxyl groups excluding tert-OH is 1. The first-order chi connectivity index (χ1) is 8.70. The number of anilines is 1. The summed E-state index contributed by atoms with van der Waals surface area (Å²) in [5.41, 5.74) is 2.33. The Morgan fingerprint density at radius 3 is 2.61 bits per heavy atom. The number of rotatable bonds is 3. The van der Waals surface area contributed by atoms with Crippen molar-refractivity contribution >= 4 is 5.69 Å². The van der Waals surface area contributed by atoms with Crippen LogP contribution in [0.1, 0.15) is 51.2 Å². The molecule has 0 saturated carbocycles. The molecule has 1 N–H and O–H groups in total. The van der Waals surface area contributed by atoms with Gasteiger partial charge in [0, 0.05) is 18.8 Å². The smallest absolute Gasteiger partial charge is 0.0787 e. The van der Waals surface area contributed by atoms with Gasteiger partial charge in [-0.3, -0.25) is 0 Å². The van der Waals surface area contributed by atoms with Crippen LogP contribution in [-0.2, 0) is 0 Å². The number of nitrogens with zero attached hydrogens (tertiary/aromatic N) is 1. The molecular weight excluding hydrogens is 222 g/mol. The van der Waals surface area contributed by atoms with Crippen molar-refractivity contribution < 1.29 is 5.11 Å². The van der Waals surface area contributed by atoms with Gasteiger partial charge in [-0.05, 0) is 49.3 Å². The van der Waals surface area contributed by atoms with E-state index in [0.29, 0.717) is 0 Å². The summed E-state index contributed by atoms with van der Waals surface area (Å²) in [5, 5.41) is 9.80. The summed E-state index contributed by atoms with van der Waals surface area (Å²) in [4.78, 5) is 2.48. The number of benzene rings is 1. The predicted octanol–water partition coefficient (Wildman–Crippen LogP) is 3.76. The fourth-order valence-electron chi connectivity index (χ4n) is 2.66. The number of hydrogen-bond donors (Lipinski definition) is 1. The summed E-state index contributed by atoms with van der Waals surface area (Å²) in [6.07, 6.45) is 4.40. The molecular formula is C16H25NO. The lowest BCUT2D eigenvalue weighted by Crippen LogP contribution is -2.24. The average Bonchev–Trinajstić information content (AvgIpc) is 2.63. The summed E-state index contributed by atoms with van der Waals surface area (Å²) >= 11 is 0. The van der Waals surface area contributed by atoms with E-state index in [9.17, 15) is 5.11 Å². The Labute approximate surface area is 111 Å². The van der Waals surface area contributed by atoms with Gasteiger partial charge in [-0.25, -0.2) is 0 Å². The molecule has 18 heavy (non-hydrogen) atoms. The largest absolute Gasteiger partial charge is 0.388 e. The summed E-state index contributed by atoms with van der Waals surface area (Å²) in [7, 11) is 0. The summed E-state index contributed by atoms with van der Waals surface area (Å²) in [5.74, 6) is 0.858. The van der Waals surface area contributed by atoms with Crippen molar-refractivity contribution in [2.75, 3.05) is 18.0 Å². The van der Waals surface area contributed by atoms with E-state index < -0.39 is 0 Å². The predicted molar refractivity (Wildman–Crippen MR) is 76.9 cm³/mol. The van der Waals surface area contributed by atoms with E-state index in [0.717, 1.165) is 24.4 Å². The minimum atomic E-state index is -0.316. The van der Waals surface area contributed by atoms with Crippen LogP contribution >= 0.6 is 0 Å². The molecule has 0 spiro atoms. The zero-order valence-corrected chi connectivity index (χ0v) is 11.6. The molecule has 1 aromatic rings. The molecule has 2 nitrogen and oxygen atoms in total. The van der Waals surface area contributed by atoms with Gasteiger partial charge >= 0.3 is 0 Å². The normalized spacial score (nSPS) is 22.6. The van der Waals surface area contributed by atoms with Crippen LogP contribution in [0, 0.1) is 5.92 Å². The molecule has 0 aromatic heterocycles. The second-order valence-corrected chi connectivity index (χ2v) is 5.54. The maximum absolute atomic E-state index is 9.80. The Balaban J connectivity index is 2.04. The van der Waals surface area contributed by atoms with E-state index in [1.54, 1.807) is 0 Å². The molecule has 100 valence electrons. The summed E-state index contributed by atoms with van der Waals surface area (Å²) in [6.45, 7) is 6.69. The van der Waals surface area contributed by atoms with Gasteiger partial charge in [-0.15, -0.1) is 0 Å². The lowest BCUT2D eigenvalue weighted by molar-refractivity contribution is 0.173. The molecule has 0 radical (unpaired) electrons. The lowest BCUT2D eigenvalue weighted by Gasteiger charge is -2.23. The second-order valence-electron chi connectivity index (χ2n) is 5.54. The highest BCUT2D eigenvalue weighted by Gasteiger charge is 2.14. The fraction of sp³-hybridized carbons (Fsp3) is 0.625. The molecule has 2 atom stereocenters. The third-order valence-corrected chi connectivity index (χ3v) is 4.05. The standard InChI is InChI=1S/C16H25NO/c1-3-16(18)14-6-8-15(9-7-14)17-11-4-5-13(2)10-12-17/h6-9,13,16,18H,3-5,10-12H2,1-2H3. The molecule has 0 aliphatic carbocycles. The first-order valence-corrected chi connectivity index (χ1v) is 7.23. The van der Waals surface area contributed by atoms with Crippen molar-refractivity contribution in [3.05, 3.63) is 29.8 Å². The SMILES string of the molecule is CCC(O)c1ccc(N2CCCC(C)CC2)cc1. The summed E-state index contributed by atoms with van der Waals surface area (Å²) in [6, 6.07) is 8.45. The van der Waals surface area contributed by atoms with E-state index in [1.165, 1.54) is 31.5 Å². The van der Waals surface area contributed by atoms with E-state index in [1.807, 2.05) is 6.92 Å². The average molecular weight is 247 g/mol. The van der Waals surface area contributed by atoms with Crippen LogP contribution in [0.4, 0.5) is 5.69 Å². The van der Waals surface area contributed by atoms with Gasteiger partial charge < -0.3 is 10.0 Å². The van der Waals surface area contributed by atoms with Crippen molar-refractivity contribution in [2.45, 2.75) is 45.6 Å². The Bertz CT molecular complexity index is 360. The maximum atomic E-state index is 9.80. The van der Waals surface area contributed by atoms with Crippen LogP contribution in [0.3, 0.4) is 0 Å². The van der Waals surface area contributed by atoms with Gasteiger partial charge in [-0.2, -0.15) is 0 Å². The first kappa shape index (κ1) is 13.4. The molecule has 0 bridgehead atoms. The van der Waals surface area contributed by atoms with Crippen molar-refractivity contribution in [1.29, 1.82) is 0 Å². The molecule has 1 fully saturated rings. The highest BCUT2D eigenvalue weighted by Crippen LogP contribution is 2.24. The molecule has 1 heterocycles. The van der Waals surface area contributed by atoms with Gasteiger partial charge in [-0.1, -0.05) is 26.0 Å². The number of aliphatic hydroxyl groups is 1. The number of hydrogen-bond acceptors (Lipinski definition) is 2. The van der Waals surface area contributed by atoms with Crippen LogP contribution in [0.25, 0.3) is 0 Å². The van der Waals surface area contributed by atoms with Crippen molar-refractivity contribution in [3.63, 3.8) is 0 Å². The molecule has 1 aliphatic rings. The first-order valence-electron chi connectivity index (χ1n) is 7.23. The van der Waals surface area contributed by atoms with Crippen LogP contribution in [0.5, 0.6) is 0 Å². The molecule has 2 heteroatoms. The summed E-state index contributed by atoms with van der Waals surface area (Å²) < 4.78 is 0. The van der Waals surface area contributed by atoms with Crippen molar-refractivity contribution in [3.8, 4) is 0 Å². The van der Waals surface area contributed by atoms with Crippen LogP contribution in [0.15, 0.2) is 24.3 Å². The minimum absolute atomic E-state index is 0.316. The third-order valence-electron chi connectivity index (χ3n) is 4.05. The highest BCUT2D eigenvalue weighted by atomic mass is 16.3. The molecule has 2 rings (SSSR count). The van der Waals surface area contributed by atoms with E-state index in [2.05, 4.69) is 36.1 Å². The van der Waals surface area contributed by atoms with Gasteiger partial charge in [0.25, 0.3) is 0 Å². The van der Waals surface area contributed by atoms with Gasteiger partial charge in [0.2, 0.25) is 0 Å². The fourth-order valence-corrected chi connectivity index (χ4v) is 2.66. The maximum Gasteiger partial charge on any atom is 0.0787 e. The Hall–Kier alpha value is -1.02. The van der Waals surface area contributed by atoms with Crippen molar-refractivity contribution in [2.24, 2.45) is 5.92 Å². The zero-order chi connectivity index (χ0) is 13.0. The Morgan fingerprint density at radius 2 is 1.94 bits per heavy atom. The Kier molecular flexibility index (Phi) is 4.65. The van der Waals surface area contributed by atoms with E-state index in [4.69, 9.17) is 0 Å². The monoisotopic (exact) mass is 247 g/mol. The second kappa shape index (κ2) is 6.24. The third kappa shape index (κ3) is 3.26. The lowest BCUT2D eigenvalue weighted by atomic mass is 10.0. The van der Waals surface area contributed by atoms with Crippen LogP contribution in [-0.4, -0.2) is 18.2 Å². The van der Waals surface area contributed by atoms with Gasteiger partial charge in [0.05, 0.1) is 6.10 Å². The molecule has 0 amide bonds. The molecule has 1 aliphatic heterocycles. The van der Waals surface area contributed by atoms with Crippen LogP contribution < -0.4 is 4.90 Å². The van der Waals surface area contributed by atoms with Gasteiger partial charge in [0.1, 0.15) is 0 Å². The minimum Gasteiger partial charge on any atom is -0.388 e. The van der Waals surface area contributed by atoms with E-state index >= 15 is 0 Å². The van der Waals surface area contributed by atoms with Gasteiger partial charge in [0.15, 0.2) is 0 Å². The Morgan fingerprint density at radius 1 is 1.22 bits per heavy atom. The molecule has 1 saturated heterocycles. The molecule has 2 unspecified atom stereocenters. The van der Waals surface area contributed by atoms with E-state index in [-0.39, 0.29) is 6.10 Å². The zero-order valence-electron chi connectivity index (χ0n) is 11.6. The van der Waals surface area contributed by atoms with Crippen molar-refractivity contribution in [1.82, 2.24) is 0 Å². The molecule has 1 aromatic carbocycles. The van der Waals surface area contributed by atoms with Crippen LogP contribution in [0.2, 0.25) is 0 Å². The topological polar surface area (TPSA) is 23.5 Å². The quantitative estimate of drug-likeness (QED) is 0.879.